The van der Waals surface area contributed by atoms with Crippen LogP contribution in [0.4, 0.5) is 5.13 Å². The van der Waals surface area contributed by atoms with E-state index in [-0.39, 0.29) is 12.0 Å². The Hall–Kier alpha value is -1.24. The summed E-state index contributed by atoms with van der Waals surface area (Å²) in [4.78, 5) is 17.7. The molecule has 1 aliphatic rings. The molecule has 1 aromatic heterocycles. The van der Waals surface area contributed by atoms with Crippen molar-refractivity contribution in [2.75, 3.05) is 11.9 Å². The number of anilines is 1. The molecule has 0 bridgehead atoms. The van der Waals surface area contributed by atoms with Crippen molar-refractivity contribution in [1.82, 2.24) is 4.98 Å². The van der Waals surface area contributed by atoms with Gasteiger partial charge in [0, 0.05) is 22.4 Å². The molecule has 22 heavy (non-hydrogen) atoms. The molecule has 2 aromatic rings. The summed E-state index contributed by atoms with van der Waals surface area (Å²) in [5, 5.41) is 3.53. The number of carbonyl (C=O) groups is 1. The maximum absolute atomic E-state index is 12.1. The van der Waals surface area contributed by atoms with Crippen molar-refractivity contribution in [2.45, 2.75) is 32.3 Å². The molecule has 6 heteroatoms. The summed E-state index contributed by atoms with van der Waals surface area (Å²) in [6.07, 6.45) is 2.25. The highest BCUT2D eigenvalue weighted by Crippen LogP contribution is 2.26. The Morgan fingerprint density at radius 2 is 2.23 bits per heavy atom. The lowest BCUT2D eigenvalue weighted by Gasteiger charge is -2.07. The highest BCUT2D eigenvalue weighted by Gasteiger charge is 2.24. The number of benzene rings is 1. The number of thiazole rings is 1. The summed E-state index contributed by atoms with van der Waals surface area (Å²) in [5.41, 5.74) is 2.20. The third kappa shape index (κ3) is 3.74. The molecule has 0 aliphatic carbocycles. The van der Waals surface area contributed by atoms with Gasteiger partial charge in [-0.3, -0.25) is 10.1 Å². The Labute approximate surface area is 142 Å². The number of ether oxygens (including phenoxy) is 1. The van der Waals surface area contributed by atoms with Gasteiger partial charge in [0.25, 0.3) is 5.91 Å². The van der Waals surface area contributed by atoms with Crippen molar-refractivity contribution in [2.24, 2.45) is 0 Å². The number of nitrogens with zero attached hydrogens (tertiary/aromatic N) is 1. The highest BCUT2D eigenvalue weighted by molar-refractivity contribution is 9.10. The number of nitrogens with one attached hydrogen (secondary N) is 1. The zero-order valence-electron chi connectivity index (χ0n) is 12.3. The van der Waals surface area contributed by atoms with Gasteiger partial charge in [-0.05, 0) is 37.5 Å². The number of amides is 1. The second-order valence-corrected chi connectivity index (χ2v) is 7.32. The predicted octanol–water partition coefficient (Wildman–Crippen LogP) is 3.92. The van der Waals surface area contributed by atoms with Gasteiger partial charge in [0.2, 0.25) is 0 Å². The number of halogens is 1. The molecule has 116 valence electrons. The molecule has 1 fully saturated rings. The van der Waals surface area contributed by atoms with Gasteiger partial charge in [0.05, 0.1) is 5.69 Å². The van der Waals surface area contributed by atoms with E-state index in [4.69, 9.17) is 4.74 Å². The molecule has 1 saturated heterocycles. The molecule has 0 spiro atoms. The average Bonchev–Trinajstić information content (AvgIpc) is 3.12. The summed E-state index contributed by atoms with van der Waals surface area (Å²) in [7, 11) is 0. The first kappa shape index (κ1) is 15.6. The van der Waals surface area contributed by atoms with Crippen LogP contribution >= 0.6 is 27.3 Å². The third-order valence-electron chi connectivity index (χ3n) is 3.62. The molecule has 1 N–H and O–H groups in total. The lowest BCUT2D eigenvalue weighted by atomic mass is 10.1. The van der Waals surface area contributed by atoms with E-state index >= 15 is 0 Å². The zero-order valence-corrected chi connectivity index (χ0v) is 14.7. The van der Waals surface area contributed by atoms with E-state index in [0.717, 1.165) is 29.4 Å². The number of aryl methyl sites for hydroxylation is 1. The van der Waals surface area contributed by atoms with Crippen LogP contribution in [0.25, 0.3) is 0 Å². The van der Waals surface area contributed by atoms with Crippen LogP contribution in [-0.4, -0.2) is 23.6 Å². The van der Waals surface area contributed by atoms with Crippen LogP contribution in [0.5, 0.6) is 0 Å². The number of carbonyl (C=O) groups excluding carboxylic acids is 1. The molecule has 3 rings (SSSR count). The highest BCUT2D eigenvalue weighted by atomic mass is 79.9. The molecular weight excluding hydrogens is 364 g/mol. The van der Waals surface area contributed by atoms with Crippen LogP contribution in [0.1, 0.15) is 29.0 Å². The molecule has 1 unspecified atom stereocenters. The standard InChI is InChI=1S/C16H17BrN2O2S/c1-10-14(9-11-4-6-12(17)7-5-11)22-16(18-10)19-15(20)13-3-2-8-21-13/h4-7,13H,2-3,8-9H2,1H3,(H,18,19,20). The Morgan fingerprint density at radius 1 is 1.45 bits per heavy atom. The molecule has 4 nitrogen and oxygen atoms in total. The van der Waals surface area contributed by atoms with Gasteiger partial charge < -0.3 is 4.74 Å². The summed E-state index contributed by atoms with van der Waals surface area (Å²) in [6, 6.07) is 8.25. The zero-order chi connectivity index (χ0) is 15.5. The van der Waals surface area contributed by atoms with Crippen molar-refractivity contribution in [3.8, 4) is 0 Å². The number of rotatable bonds is 4. The van der Waals surface area contributed by atoms with Crippen LogP contribution < -0.4 is 5.32 Å². The lowest BCUT2D eigenvalue weighted by molar-refractivity contribution is -0.124. The fourth-order valence-electron chi connectivity index (χ4n) is 2.40. The van der Waals surface area contributed by atoms with E-state index in [2.05, 4.69) is 38.4 Å². The summed E-state index contributed by atoms with van der Waals surface area (Å²) in [5.74, 6) is -0.0820. The Bertz CT molecular complexity index is 663. The van der Waals surface area contributed by atoms with Crippen molar-refractivity contribution in [1.29, 1.82) is 0 Å². The predicted molar refractivity (Wildman–Crippen MR) is 91.4 cm³/mol. The number of aromatic nitrogens is 1. The molecule has 1 aromatic carbocycles. The summed E-state index contributed by atoms with van der Waals surface area (Å²) >= 11 is 4.98. The fourth-order valence-corrected chi connectivity index (χ4v) is 3.67. The van der Waals surface area contributed by atoms with Gasteiger partial charge in [0.15, 0.2) is 5.13 Å². The van der Waals surface area contributed by atoms with Crippen LogP contribution in [0.15, 0.2) is 28.7 Å². The molecular formula is C16H17BrN2O2S. The first-order chi connectivity index (χ1) is 10.6. The Morgan fingerprint density at radius 3 is 2.91 bits per heavy atom. The van der Waals surface area contributed by atoms with Gasteiger partial charge >= 0.3 is 0 Å². The lowest BCUT2D eigenvalue weighted by Crippen LogP contribution is -2.26. The van der Waals surface area contributed by atoms with Crippen LogP contribution in [0, 0.1) is 6.92 Å². The van der Waals surface area contributed by atoms with E-state index in [1.54, 1.807) is 0 Å². The second-order valence-electron chi connectivity index (χ2n) is 5.32. The Kier molecular flexibility index (Phi) is 4.90. The second kappa shape index (κ2) is 6.89. The van der Waals surface area contributed by atoms with Crippen molar-refractivity contribution in [3.05, 3.63) is 44.9 Å². The SMILES string of the molecule is Cc1nc(NC(=O)C2CCCO2)sc1Cc1ccc(Br)cc1. The van der Waals surface area contributed by atoms with E-state index in [1.165, 1.54) is 21.8 Å². The normalized spacial score (nSPS) is 17.6. The molecule has 0 saturated carbocycles. The Balaban J connectivity index is 1.67. The van der Waals surface area contributed by atoms with E-state index in [1.807, 2.05) is 19.1 Å². The fraction of sp³-hybridized carbons (Fsp3) is 0.375. The number of hydrogen-bond acceptors (Lipinski definition) is 4. The van der Waals surface area contributed by atoms with Crippen molar-refractivity contribution in [3.63, 3.8) is 0 Å². The minimum Gasteiger partial charge on any atom is -0.368 e. The van der Waals surface area contributed by atoms with Crippen molar-refractivity contribution >= 4 is 38.3 Å². The first-order valence-electron chi connectivity index (χ1n) is 7.25. The minimum absolute atomic E-state index is 0.0820. The van der Waals surface area contributed by atoms with Gasteiger partial charge in [-0.2, -0.15) is 0 Å². The van der Waals surface area contributed by atoms with Gasteiger partial charge in [-0.1, -0.05) is 28.1 Å². The third-order valence-corrected chi connectivity index (χ3v) is 5.22. The topological polar surface area (TPSA) is 51.2 Å². The quantitative estimate of drug-likeness (QED) is 0.874. The molecule has 0 radical (unpaired) electrons. The molecule has 1 amide bonds. The van der Waals surface area contributed by atoms with E-state index < -0.39 is 0 Å². The summed E-state index contributed by atoms with van der Waals surface area (Å²) < 4.78 is 6.46. The maximum Gasteiger partial charge on any atom is 0.255 e. The van der Waals surface area contributed by atoms with Crippen LogP contribution in [0.2, 0.25) is 0 Å². The smallest absolute Gasteiger partial charge is 0.255 e. The molecule has 1 aliphatic heterocycles. The van der Waals surface area contributed by atoms with Gasteiger partial charge in [0.1, 0.15) is 6.10 Å². The minimum atomic E-state index is -0.320. The monoisotopic (exact) mass is 380 g/mol. The van der Waals surface area contributed by atoms with Crippen LogP contribution in [0.3, 0.4) is 0 Å². The van der Waals surface area contributed by atoms with Crippen molar-refractivity contribution < 1.29 is 9.53 Å². The van der Waals surface area contributed by atoms with E-state index in [0.29, 0.717) is 11.7 Å². The maximum atomic E-state index is 12.1. The van der Waals surface area contributed by atoms with Gasteiger partial charge in [-0.25, -0.2) is 4.98 Å². The van der Waals surface area contributed by atoms with Gasteiger partial charge in [-0.15, -0.1) is 11.3 Å². The molecule has 1 atom stereocenters. The summed E-state index contributed by atoms with van der Waals surface area (Å²) in [6.45, 7) is 2.65. The average molecular weight is 381 g/mol. The number of hydrogen-bond donors (Lipinski definition) is 1. The van der Waals surface area contributed by atoms with Crippen LogP contribution in [-0.2, 0) is 16.0 Å². The first-order valence-corrected chi connectivity index (χ1v) is 8.86. The van der Waals surface area contributed by atoms with E-state index in [9.17, 15) is 4.79 Å². The molecule has 2 heterocycles. The largest absolute Gasteiger partial charge is 0.368 e.